The van der Waals surface area contributed by atoms with Gasteiger partial charge < -0.3 is 31.9 Å². The van der Waals surface area contributed by atoms with Gasteiger partial charge in [0, 0.05) is 17.8 Å². The average molecular weight is 478 g/mol. The molecule has 0 bridgehead atoms. The van der Waals surface area contributed by atoms with Crippen molar-refractivity contribution in [3.63, 3.8) is 0 Å². The molecule has 0 aliphatic heterocycles. The smallest absolute Gasteiger partial charge is 0.245 e. The second kappa shape index (κ2) is 13.4. The second-order valence-corrected chi connectivity index (χ2v) is 7.80. The highest BCUT2D eigenvalue weighted by atomic mass is 35.5. The van der Waals surface area contributed by atoms with Gasteiger partial charge in [-0.3, -0.25) is 15.0 Å². The van der Waals surface area contributed by atoms with Crippen LogP contribution in [0.5, 0.6) is 0 Å². The Labute approximate surface area is 199 Å². The molecule has 33 heavy (non-hydrogen) atoms. The van der Waals surface area contributed by atoms with Gasteiger partial charge in [0.1, 0.15) is 24.0 Å². The molecule has 0 aromatic heterocycles. The minimum absolute atomic E-state index is 0. The maximum Gasteiger partial charge on any atom is 0.245 e. The molecule has 2 amide bonds. The van der Waals surface area contributed by atoms with Crippen molar-refractivity contribution in [3.05, 3.63) is 65.7 Å². The van der Waals surface area contributed by atoms with Crippen LogP contribution in [-0.4, -0.2) is 52.7 Å². The van der Waals surface area contributed by atoms with E-state index in [1.807, 2.05) is 30.3 Å². The van der Waals surface area contributed by atoms with E-state index < -0.39 is 30.7 Å². The number of amidine groups is 1. The summed E-state index contributed by atoms with van der Waals surface area (Å²) in [5.41, 5.74) is 7.30. The highest BCUT2D eigenvalue weighted by Crippen LogP contribution is 2.14. The molecular formula is C23H32ClN5O4. The lowest BCUT2D eigenvalue weighted by atomic mass is 10.0. The molecule has 0 fully saturated rings. The summed E-state index contributed by atoms with van der Waals surface area (Å²) in [5.74, 6) is -1.36. The van der Waals surface area contributed by atoms with E-state index in [1.165, 1.54) is 0 Å². The van der Waals surface area contributed by atoms with Gasteiger partial charge in [0.15, 0.2) is 0 Å². The number of hydrogen-bond acceptors (Lipinski definition) is 6. The number of aliphatic hydroxyl groups is 2. The summed E-state index contributed by atoms with van der Waals surface area (Å²) in [5, 5.41) is 35.6. The van der Waals surface area contributed by atoms with Gasteiger partial charge in [0.05, 0.1) is 6.61 Å². The molecule has 9 nitrogen and oxygen atoms in total. The van der Waals surface area contributed by atoms with Crippen LogP contribution in [0, 0.1) is 11.3 Å². The molecule has 180 valence electrons. The van der Waals surface area contributed by atoms with E-state index >= 15 is 0 Å². The quantitative estimate of drug-likeness (QED) is 0.188. The molecule has 2 aromatic rings. The molecule has 10 heteroatoms. The van der Waals surface area contributed by atoms with Gasteiger partial charge >= 0.3 is 0 Å². The molecule has 0 aliphatic carbocycles. The maximum atomic E-state index is 13.0. The number of carbonyl (C=O) groups is 2. The Morgan fingerprint density at radius 1 is 1.03 bits per heavy atom. The molecule has 0 spiro atoms. The number of rotatable bonds is 11. The first-order valence-corrected chi connectivity index (χ1v) is 10.3. The van der Waals surface area contributed by atoms with Crippen LogP contribution in [0.2, 0.25) is 0 Å². The lowest BCUT2D eigenvalue weighted by Crippen LogP contribution is -2.56. The second-order valence-electron chi connectivity index (χ2n) is 7.80. The predicted octanol–water partition coefficient (Wildman–Crippen LogP) is 0.983. The van der Waals surface area contributed by atoms with Crippen molar-refractivity contribution < 1.29 is 19.8 Å². The van der Waals surface area contributed by atoms with Crippen LogP contribution >= 0.6 is 12.4 Å². The van der Waals surface area contributed by atoms with E-state index in [9.17, 15) is 19.8 Å². The van der Waals surface area contributed by atoms with Gasteiger partial charge in [0.25, 0.3) is 0 Å². The van der Waals surface area contributed by atoms with Gasteiger partial charge in [-0.25, -0.2) is 0 Å². The average Bonchev–Trinajstić information content (AvgIpc) is 2.79. The molecule has 2 aromatic carbocycles. The van der Waals surface area contributed by atoms with E-state index in [1.54, 1.807) is 38.1 Å². The Bertz CT molecular complexity index is 926. The van der Waals surface area contributed by atoms with Crippen molar-refractivity contribution >= 4 is 35.7 Å². The first-order chi connectivity index (χ1) is 15.2. The summed E-state index contributed by atoms with van der Waals surface area (Å²) in [6.07, 6.45) is -1.42. The standard InChI is InChI=1S/C23H31N5O4.ClH/c1-14(2)19(22(31)26-12-15-7-4-3-5-8-15)28-23(32)20(18(30)13-29)27-17-10-6-9-16(11-17)21(24)25;/h3-11,14,18-20,27,29-30H,12-13H2,1-2H3,(H3,24,25)(H,26,31)(H,28,32);1H. The van der Waals surface area contributed by atoms with Gasteiger partial charge in [-0.15, -0.1) is 12.4 Å². The number of benzene rings is 2. The largest absolute Gasteiger partial charge is 0.394 e. The Balaban J connectivity index is 0.00000544. The summed E-state index contributed by atoms with van der Waals surface area (Å²) in [7, 11) is 0. The number of anilines is 1. The third kappa shape index (κ3) is 8.38. The number of carbonyl (C=O) groups excluding carboxylic acids is 2. The Morgan fingerprint density at radius 2 is 1.70 bits per heavy atom. The van der Waals surface area contributed by atoms with Crippen molar-refractivity contribution in [2.24, 2.45) is 11.7 Å². The Kier molecular flexibility index (Phi) is 11.3. The van der Waals surface area contributed by atoms with Crippen LogP contribution in [0.15, 0.2) is 54.6 Å². The number of aliphatic hydroxyl groups excluding tert-OH is 2. The predicted molar refractivity (Wildman–Crippen MR) is 130 cm³/mol. The summed E-state index contributed by atoms with van der Waals surface area (Å²) >= 11 is 0. The molecule has 0 aliphatic rings. The number of halogens is 1. The van der Waals surface area contributed by atoms with Gasteiger partial charge in [-0.2, -0.15) is 0 Å². The molecule has 0 radical (unpaired) electrons. The van der Waals surface area contributed by atoms with Crippen molar-refractivity contribution in [3.8, 4) is 0 Å². The maximum absolute atomic E-state index is 13.0. The number of hydrogen-bond donors (Lipinski definition) is 7. The molecule has 0 saturated carbocycles. The molecule has 8 N–H and O–H groups in total. The van der Waals surface area contributed by atoms with Crippen molar-refractivity contribution in [2.75, 3.05) is 11.9 Å². The van der Waals surface area contributed by atoms with E-state index in [0.29, 0.717) is 17.8 Å². The molecule has 0 heterocycles. The Hall–Kier alpha value is -3.14. The number of nitrogen functional groups attached to an aromatic ring is 1. The summed E-state index contributed by atoms with van der Waals surface area (Å²) < 4.78 is 0. The van der Waals surface area contributed by atoms with Crippen LogP contribution in [0.25, 0.3) is 0 Å². The fourth-order valence-electron chi connectivity index (χ4n) is 3.07. The van der Waals surface area contributed by atoms with Crippen LogP contribution in [0.1, 0.15) is 25.0 Å². The zero-order valence-electron chi connectivity index (χ0n) is 18.6. The summed E-state index contributed by atoms with van der Waals surface area (Å²) in [6, 6.07) is 13.8. The number of nitrogens with one attached hydrogen (secondary N) is 4. The van der Waals surface area contributed by atoms with E-state index in [0.717, 1.165) is 5.56 Å². The number of amides is 2. The monoisotopic (exact) mass is 477 g/mol. The van der Waals surface area contributed by atoms with Gasteiger partial charge in [0.2, 0.25) is 11.8 Å². The first kappa shape index (κ1) is 27.9. The summed E-state index contributed by atoms with van der Waals surface area (Å²) in [6.45, 7) is 3.25. The Morgan fingerprint density at radius 3 is 2.27 bits per heavy atom. The van der Waals surface area contributed by atoms with E-state index in [2.05, 4.69) is 16.0 Å². The minimum atomic E-state index is -1.42. The molecule has 3 atom stereocenters. The highest BCUT2D eigenvalue weighted by molar-refractivity contribution is 5.96. The topological polar surface area (TPSA) is 161 Å². The van der Waals surface area contributed by atoms with Gasteiger partial charge in [-0.1, -0.05) is 56.3 Å². The third-order valence-electron chi connectivity index (χ3n) is 4.91. The van der Waals surface area contributed by atoms with Crippen molar-refractivity contribution in [1.29, 1.82) is 5.41 Å². The SMILES string of the molecule is CC(C)C(NC(=O)C(Nc1cccc(C(=N)N)c1)C(O)CO)C(=O)NCc1ccccc1.Cl. The zero-order chi connectivity index (χ0) is 23.7. The molecule has 3 unspecified atom stereocenters. The molecular weight excluding hydrogens is 446 g/mol. The van der Waals surface area contributed by atoms with E-state index in [-0.39, 0.29) is 30.1 Å². The first-order valence-electron chi connectivity index (χ1n) is 10.3. The fraction of sp³-hybridized carbons (Fsp3) is 0.348. The minimum Gasteiger partial charge on any atom is -0.394 e. The molecule has 0 saturated heterocycles. The highest BCUT2D eigenvalue weighted by Gasteiger charge is 2.31. The normalized spacial score (nSPS) is 13.2. The van der Waals surface area contributed by atoms with Crippen LogP contribution in [0.4, 0.5) is 5.69 Å². The fourth-order valence-corrected chi connectivity index (χ4v) is 3.07. The third-order valence-corrected chi connectivity index (χ3v) is 4.91. The van der Waals surface area contributed by atoms with Crippen molar-refractivity contribution in [2.45, 2.75) is 38.6 Å². The van der Waals surface area contributed by atoms with Crippen LogP contribution in [0.3, 0.4) is 0 Å². The number of nitrogens with two attached hydrogens (primary N) is 1. The van der Waals surface area contributed by atoms with Crippen molar-refractivity contribution in [1.82, 2.24) is 10.6 Å². The molecule has 2 rings (SSSR count). The van der Waals surface area contributed by atoms with Gasteiger partial charge in [-0.05, 0) is 23.6 Å². The lowest BCUT2D eigenvalue weighted by molar-refractivity contribution is -0.132. The lowest BCUT2D eigenvalue weighted by Gasteiger charge is -2.27. The van der Waals surface area contributed by atoms with E-state index in [4.69, 9.17) is 11.1 Å². The van der Waals surface area contributed by atoms with Crippen LogP contribution in [-0.2, 0) is 16.1 Å². The zero-order valence-corrected chi connectivity index (χ0v) is 19.4. The summed E-state index contributed by atoms with van der Waals surface area (Å²) in [4.78, 5) is 25.7. The van der Waals surface area contributed by atoms with Crippen LogP contribution < -0.4 is 21.7 Å².